The summed E-state index contributed by atoms with van der Waals surface area (Å²) < 4.78 is 5.32. The highest BCUT2D eigenvalue weighted by Crippen LogP contribution is 2.36. The third-order valence-electron chi connectivity index (χ3n) is 2.44. The Morgan fingerprint density at radius 2 is 2.16 bits per heavy atom. The highest BCUT2D eigenvalue weighted by atomic mass is 32.2. The zero-order valence-electron chi connectivity index (χ0n) is 12.2. The van der Waals surface area contributed by atoms with Crippen LogP contribution in [0.2, 0.25) is 0 Å². The standard InChI is InChI=1S/C14H23NO2S2/c1-9-6-7-18-12(9)13(10(2)15)19-8-11(16)17-14(3,4)5/h6-7,10,13H,8,15H2,1-5H3. The summed E-state index contributed by atoms with van der Waals surface area (Å²) in [6.07, 6.45) is 0. The van der Waals surface area contributed by atoms with Gasteiger partial charge in [-0.1, -0.05) is 0 Å². The third-order valence-corrected chi connectivity index (χ3v) is 5.12. The normalized spacial score (nSPS) is 15.1. The Hall–Kier alpha value is -0.520. The molecule has 1 aromatic rings. The van der Waals surface area contributed by atoms with Crippen LogP contribution in [0.5, 0.6) is 0 Å². The molecule has 1 aromatic heterocycles. The van der Waals surface area contributed by atoms with E-state index in [0.29, 0.717) is 5.75 Å². The number of aryl methyl sites for hydroxylation is 1. The molecule has 0 aliphatic carbocycles. The molecular weight excluding hydrogens is 278 g/mol. The van der Waals surface area contributed by atoms with Crippen molar-refractivity contribution in [1.29, 1.82) is 0 Å². The first kappa shape index (κ1) is 16.5. The lowest BCUT2D eigenvalue weighted by molar-refractivity contribution is -0.151. The molecule has 0 aliphatic rings. The van der Waals surface area contributed by atoms with Gasteiger partial charge in [0.1, 0.15) is 5.60 Å². The second-order valence-corrected chi connectivity index (χ2v) is 7.72. The number of esters is 1. The predicted molar refractivity (Wildman–Crippen MR) is 83.7 cm³/mol. The van der Waals surface area contributed by atoms with E-state index in [4.69, 9.17) is 10.5 Å². The number of thiophene rings is 1. The van der Waals surface area contributed by atoms with Gasteiger partial charge in [0.2, 0.25) is 0 Å². The summed E-state index contributed by atoms with van der Waals surface area (Å²) in [4.78, 5) is 13.0. The van der Waals surface area contributed by atoms with Gasteiger partial charge in [0.05, 0.1) is 11.0 Å². The minimum absolute atomic E-state index is 0.00443. The number of carbonyl (C=O) groups excluding carboxylic acids is 1. The first-order chi connectivity index (χ1) is 8.70. The van der Waals surface area contributed by atoms with Crippen LogP contribution < -0.4 is 5.73 Å². The van der Waals surface area contributed by atoms with Gasteiger partial charge in [0.15, 0.2) is 0 Å². The van der Waals surface area contributed by atoms with Crippen molar-refractivity contribution in [3.8, 4) is 0 Å². The van der Waals surface area contributed by atoms with E-state index in [9.17, 15) is 4.79 Å². The quantitative estimate of drug-likeness (QED) is 0.845. The summed E-state index contributed by atoms with van der Waals surface area (Å²) in [7, 11) is 0. The van der Waals surface area contributed by atoms with E-state index in [2.05, 4.69) is 18.4 Å². The summed E-state index contributed by atoms with van der Waals surface area (Å²) in [6.45, 7) is 9.69. The van der Waals surface area contributed by atoms with E-state index in [1.807, 2.05) is 27.7 Å². The van der Waals surface area contributed by atoms with Gasteiger partial charge in [-0.3, -0.25) is 4.79 Å². The lowest BCUT2D eigenvalue weighted by atomic mass is 10.1. The number of hydrogen-bond acceptors (Lipinski definition) is 5. The fourth-order valence-electron chi connectivity index (χ4n) is 1.67. The van der Waals surface area contributed by atoms with Crippen LogP contribution in [0.4, 0.5) is 0 Å². The van der Waals surface area contributed by atoms with E-state index in [0.717, 1.165) is 0 Å². The molecule has 5 heteroatoms. The first-order valence-electron chi connectivity index (χ1n) is 6.33. The monoisotopic (exact) mass is 301 g/mol. The molecular formula is C14H23NO2S2. The van der Waals surface area contributed by atoms with Crippen LogP contribution in [0.15, 0.2) is 11.4 Å². The van der Waals surface area contributed by atoms with E-state index in [-0.39, 0.29) is 17.3 Å². The van der Waals surface area contributed by atoms with Gasteiger partial charge in [-0.05, 0) is 51.6 Å². The topological polar surface area (TPSA) is 52.3 Å². The highest BCUT2D eigenvalue weighted by Gasteiger charge is 2.23. The number of ether oxygens (including phenoxy) is 1. The molecule has 2 unspecified atom stereocenters. The fourth-order valence-corrected chi connectivity index (χ4v) is 4.08. The summed E-state index contributed by atoms with van der Waals surface area (Å²) in [5.41, 5.74) is 6.85. The Morgan fingerprint density at radius 1 is 1.53 bits per heavy atom. The molecule has 1 heterocycles. The minimum Gasteiger partial charge on any atom is -0.459 e. The summed E-state index contributed by atoms with van der Waals surface area (Å²) >= 11 is 3.26. The maximum absolute atomic E-state index is 11.8. The van der Waals surface area contributed by atoms with Crippen LogP contribution >= 0.6 is 23.1 Å². The zero-order valence-corrected chi connectivity index (χ0v) is 13.9. The molecule has 0 saturated carbocycles. The van der Waals surface area contributed by atoms with Crippen molar-refractivity contribution >= 4 is 29.1 Å². The summed E-state index contributed by atoms with van der Waals surface area (Å²) in [6, 6.07) is 2.09. The SMILES string of the molecule is Cc1ccsc1C(SCC(=O)OC(C)(C)C)C(C)N. The molecule has 0 aromatic carbocycles. The van der Waals surface area contributed by atoms with Gasteiger partial charge in [-0.2, -0.15) is 0 Å². The fraction of sp³-hybridized carbons (Fsp3) is 0.643. The number of rotatable bonds is 5. The van der Waals surface area contributed by atoms with E-state index in [1.54, 1.807) is 23.1 Å². The smallest absolute Gasteiger partial charge is 0.316 e. The molecule has 19 heavy (non-hydrogen) atoms. The van der Waals surface area contributed by atoms with E-state index in [1.165, 1.54) is 10.4 Å². The van der Waals surface area contributed by atoms with Gasteiger partial charge < -0.3 is 10.5 Å². The Kier molecular flexibility index (Phi) is 5.89. The predicted octanol–water partition coefficient (Wildman–Crippen LogP) is 3.52. The molecule has 3 nitrogen and oxygen atoms in total. The maximum Gasteiger partial charge on any atom is 0.316 e. The molecule has 0 amide bonds. The minimum atomic E-state index is -0.430. The Morgan fingerprint density at radius 3 is 2.58 bits per heavy atom. The average molecular weight is 301 g/mol. The average Bonchev–Trinajstić information content (AvgIpc) is 2.62. The zero-order chi connectivity index (χ0) is 14.6. The molecule has 1 rings (SSSR count). The molecule has 0 aliphatic heterocycles. The molecule has 0 fully saturated rings. The van der Waals surface area contributed by atoms with Crippen molar-refractivity contribution in [3.05, 3.63) is 21.9 Å². The van der Waals surface area contributed by atoms with Crippen LogP contribution in [0, 0.1) is 6.92 Å². The lowest BCUT2D eigenvalue weighted by Crippen LogP contribution is -2.27. The van der Waals surface area contributed by atoms with Gasteiger partial charge in [0.25, 0.3) is 0 Å². The molecule has 0 bridgehead atoms. The second-order valence-electron chi connectivity index (χ2n) is 5.65. The van der Waals surface area contributed by atoms with Crippen LogP contribution in [0.3, 0.4) is 0 Å². The molecule has 0 spiro atoms. The van der Waals surface area contributed by atoms with Crippen LogP contribution in [0.1, 0.15) is 43.4 Å². The Balaban J connectivity index is 2.62. The number of hydrogen-bond donors (Lipinski definition) is 1. The van der Waals surface area contributed by atoms with Gasteiger partial charge in [-0.15, -0.1) is 23.1 Å². The highest BCUT2D eigenvalue weighted by molar-refractivity contribution is 8.00. The van der Waals surface area contributed by atoms with E-state index < -0.39 is 5.60 Å². The van der Waals surface area contributed by atoms with Crippen LogP contribution in [-0.4, -0.2) is 23.4 Å². The van der Waals surface area contributed by atoms with Crippen LogP contribution in [-0.2, 0) is 9.53 Å². The molecule has 108 valence electrons. The molecule has 2 atom stereocenters. The van der Waals surface area contributed by atoms with Gasteiger partial charge >= 0.3 is 5.97 Å². The Bertz CT molecular complexity index is 421. The van der Waals surface area contributed by atoms with Crippen molar-refractivity contribution in [2.75, 3.05) is 5.75 Å². The summed E-state index contributed by atoms with van der Waals surface area (Å²) in [5.74, 6) is 0.151. The van der Waals surface area contributed by atoms with Crippen molar-refractivity contribution in [1.82, 2.24) is 0 Å². The van der Waals surface area contributed by atoms with Crippen LogP contribution in [0.25, 0.3) is 0 Å². The largest absolute Gasteiger partial charge is 0.459 e. The first-order valence-corrected chi connectivity index (χ1v) is 8.26. The van der Waals surface area contributed by atoms with Gasteiger partial charge in [0, 0.05) is 10.9 Å². The van der Waals surface area contributed by atoms with Gasteiger partial charge in [-0.25, -0.2) is 0 Å². The van der Waals surface area contributed by atoms with Crippen molar-refractivity contribution < 1.29 is 9.53 Å². The molecule has 0 saturated heterocycles. The van der Waals surface area contributed by atoms with Crippen molar-refractivity contribution in [3.63, 3.8) is 0 Å². The molecule has 0 radical (unpaired) electrons. The number of nitrogens with two attached hydrogens (primary N) is 1. The molecule has 2 N–H and O–H groups in total. The van der Waals surface area contributed by atoms with Crippen molar-refractivity contribution in [2.24, 2.45) is 5.73 Å². The van der Waals surface area contributed by atoms with E-state index >= 15 is 0 Å². The lowest BCUT2D eigenvalue weighted by Gasteiger charge is -2.22. The third kappa shape index (κ3) is 5.55. The Labute approximate surface area is 123 Å². The number of thioether (sulfide) groups is 1. The summed E-state index contributed by atoms with van der Waals surface area (Å²) in [5, 5.41) is 2.21. The number of carbonyl (C=O) groups is 1. The maximum atomic E-state index is 11.8. The van der Waals surface area contributed by atoms with Crippen molar-refractivity contribution in [2.45, 2.75) is 51.5 Å². The second kappa shape index (κ2) is 6.77.